The smallest absolute Gasteiger partial charge is 0.295 e. The quantitative estimate of drug-likeness (QED) is 0.791. The van der Waals surface area contributed by atoms with Gasteiger partial charge in [0.2, 0.25) is 0 Å². The summed E-state index contributed by atoms with van der Waals surface area (Å²) in [6, 6.07) is 16.7. The van der Waals surface area contributed by atoms with E-state index >= 15 is 0 Å². The molecule has 0 N–H and O–H groups in total. The topological polar surface area (TPSA) is 46.6 Å². The highest BCUT2D eigenvalue weighted by atomic mass is 16.7. The number of hydroxylamine groups is 2. The van der Waals surface area contributed by atoms with Crippen LogP contribution < -0.4 is 10.4 Å². The molecule has 1 heterocycles. The number of benzene rings is 2. The van der Waals surface area contributed by atoms with E-state index in [1.165, 1.54) is 6.08 Å². The van der Waals surface area contributed by atoms with Crippen molar-refractivity contribution in [2.45, 2.75) is 0 Å². The minimum Gasteiger partial charge on any atom is -0.368 e. The number of carbonyl (C=O) groups is 2. The van der Waals surface area contributed by atoms with Gasteiger partial charge in [0, 0.05) is 11.3 Å². The van der Waals surface area contributed by atoms with Gasteiger partial charge in [-0.2, -0.15) is 0 Å². The molecule has 0 spiro atoms. The van der Waals surface area contributed by atoms with E-state index in [-0.39, 0.29) is 0 Å². The predicted molar refractivity (Wildman–Crippen MR) is 80.9 cm³/mol. The van der Waals surface area contributed by atoms with Gasteiger partial charge in [-0.1, -0.05) is 59.7 Å². The molecule has 4 heteroatoms. The summed E-state index contributed by atoms with van der Waals surface area (Å²) in [5, 5.41) is 2.74. The summed E-state index contributed by atoms with van der Waals surface area (Å²) < 4.78 is 0. The Morgan fingerprint density at radius 1 is 0.818 bits per heavy atom. The van der Waals surface area contributed by atoms with Crippen molar-refractivity contribution in [2.24, 2.45) is 0 Å². The first-order valence-electron chi connectivity index (χ1n) is 6.88. The number of nitrogens with zero attached hydrogens (tertiary/aromatic N) is 1. The van der Waals surface area contributed by atoms with Crippen molar-refractivity contribution < 1.29 is 14.4 Å². The third-order valence-corrected chi connectivity index (χ3v) is 3.67. The zero-order valence-corrected chi connectivity index (χ0v) is 11.5. The molecule has 0 radical (unpaired) electrons. The Morgan fingerprint density at radius 2 is 1.55 bits per heavy atom. The second-order valence-electron chi connectivity index (χ2n) is 5.05. The zero-order chi connectivity index (χ0) is 15.1. The van der Waals surface area contributed by atoms with E-state index in [9.17, 15) is 9.59 Å². The molecule has 106 valence electrons. The van der Waals surface area contributed by atoms with Crippen LogP contribution in [-0.2, 0) is 14.4 Å². The zero-order valence-electron chi connectivity index (χ0n) is 11.5. The molecule has 2 aromatic carbocycles. The van der Waals surface area contributed by atoms with E-state index < -0.39 is 11.8 Å². The summed E-state index contributed by atoms with van der Waals surface area (Å²) in [5.74, 6) is -0.379. The van der Waals surface area contributed by atoms with Crippen molar-refractivity contribution in [1.82, 2.24) is 5.06 Å². The van der Waals surface area contributed by atoms with Crippen LogP contribution in [0.5, 0.6) is 0 Å². The van der Waals surface area contributed by atoms with Crippen molar-refractivity contribution in [3.63, 3.8) is 0 Å². The minimum absolute atomic E-state index is 0.346. The third kappa shape index (κ3) is 1.85. The van der Waals surface area contributed by atoms with Crippen LogP contribution in [0.2, 0.25) is 0 Å². The maximum atomic E-state index is 12.4. The molecule has 0 saturated heterocycles. The first kappa shape index (κ1) is 12.6. The van der Waals surface area contributed by atoms with Crippen molar-refractivity contribution in [3.8, 4) is 0 Å². The fourth-order valence-corrected chi connectivity index (χ4v) is 2.53. The Labute approximate surface area is 126 Å². The van der Waals surface area contributed by atoms with Gasteiger partial charge in [0.05, 0.1) is 5.57 Å². The molecule has 0 unspecified atom stereocenters. The van der Waals surface area contributed by atoms with Crippen LogP contribution in [0, 0.1) is 0 Å². The molecule has 2 aliphatic rings. The molecule has 0 fully saturated rings. The number of rotatable bonds is 3. The summed E-state index contributed by atoms with van der Waals surface area (Å²) >= 11 is 0. The van der Waals surface area contributed by atoms with E-state index in [0.717, 1.165) is 15.5 Å². The summed E-state index contributed by atoms with van der Waals surface area (Å²) in [6.45, 7) is 0. The average molecular weight is 289 g/mol. The molecule has 1 aliphatic carbocycles. The van der Waals surface area contributed by atoms with Crippen molar-refractivity contribution >= 4 is 29.2 Å². The van der Waals surface area contributed by atoms with Crippen molar-refractivity contribution in [2.75, 3.05) is 0 Å². The fourth-order valence-electron chi connectivity index (χ4n) is 2.53. The van der Waals surface area contributed by atoms with Crippen LogP contribution in [0.4, 0.5) is 0 Å². The van der Waals surface area contributed by atoms with E-state index in [1.54, 1.807) is 18.2 Å². The molecule has 2 aromatic rings. The van der Waals surface area contributed by atoms with Gasteiger partial charge in [0.25, 0.3) is 11.8 Å². The molecular formula is C18H11NO3. The van der Waals surface area contributed by atoms with Crippen LogP contribution in [0.25, 0.3) is 17.4 Å². The molecule has 2 amide bonds. The number of carbonyl (C=O) groups excluding carboxylic acids is 2. The number of imide groups is 1. The van der Waals surface area contributed by atoms with Crippen LogP contribution in [-0.4, -0.2) is 16.9 Å². The molecule has 0 aromatic heterocycles. The lowest BCUT2D eigenvalue weighted by molar-refractivity contribution is -0.167. The van der Waals surface area contributed by atoms with Gasteiger partial charge in [-0.3, -0.25) is 9.59 Å². The highest BCUT2D eigenvalue weighted by Crippen LogP contribution is 2.25. The van der Waals surface area contributed by atoms with Gasteiger partial charge in [0.15, 0.2) is 5.76 Å². The molecule has 0 bridgehead atoms. The van der Waals surface area contributed by atoms with Crippen LogP contribution in [0.15, 0.2) is 60.7 Å². The summed E-state index contributed by atoms with van der Waals surface area (Å²) in [4.78, 5) is 29.9. The molecule has 4 nitrogen and oxygen atoms in total. The molecule has 4 rings (SSSR count). The van der Waals surface area contributed by atoms with Crippen LogP contribution in [0.3, 0.4) is 0 Å². The van der Waals surface area contributed by atoms with Crippen molar-refractivity contribution in [3.05, 3.63) is 76.7 Å². The number of hydrogen-bond donors (Lipinski definition) is 0. The highest BCUT2D eigenvalue weighted by Gasteiger charge is 2.34. The summed E-state index contributed by atoms with van der Waals surface area (Å²) in [6.07, 6.45) is 3.11. The monoisotopic (exact) mass is 289 g/mol. The lowest BCUT2D eigenvalue weighted by Gasteiger charge is -2.18. The second kappa shape index (κ2) is 4.70. The Morgan fingerprint density at radius 3 is 2.32 bits per heavy atom. The van der Waals surface area contributed by atoms with E-state index in [4.69, 9.17) is 4.84 Å². The third-order valence-electron chi connectivity index (χ3n) is 3.67. The summed E-state index contributed by atoms with van der Waals surface area (Å²) in [7, 11) is 0. The number of hydrogen-bond acceptors (Lipinski definition) is 3. The van der Waals surface area contributed by atoms with Crippen LogP contribution in [0.1, 0.15) is 5.56 Å². The Hall–Kier alpha value is -3.14. The Kier molecular flexibility index (Phi) is 2.69. The fraction of sp³-hybridized carbons (Fsp3) is 0. The maximum Gasteiger partial charge on any atom is 0.295 e. The minimum atomic E-state index is -0.464. The standard InChI is InChI=1S/C18H11NO3/c20-17-11-15(12-6-2-1-3-7-12)18(21)19(17)22-16-10-13-8-4-5-9-14(13)16/h1-11H. The number of fused-ring (bicyclic) bond motifs is 1. The molecule has 0 atom stereocenters. The first-order valence-corrected chi connectivity index (χ1v) is 6.88. The van der Waals surface area contributed by atoms with Gasteiger partial charge in [-0.15, -0.1) is 0 Å². The molecule has 1 aliphatic heterocycles. The van der Waals surface area contributed by atoms with Gasteiger partial charge < -0.3 is 4.84 Å². The summed E-state index contributed by atoms with van der Waals surface area (Å²) in [5.41, 5.74) is 1.05. The lowest BCUT2D eigenvalue weighted by atomic mass is 10.1. The second-order valence-corrected chi connectivity index (χ2v) is 5.05. The lowest BCUT2D eigenvalue weighted by Crippen LogP contribution is -2.39. The largest absolute Gasteiger partial charge is 0.368 e. The Balaban J connectivity index is 1.62. The normalized spacial score (nSPS) is 15.9. The van der Waals surface area contributed by atoms with Gasteiger partial charge >= 0.3 is 0 Å². The van der Waals surface area contributed by atoms with E-state index in [0.29, 0.717) is 16.9 Å². The molecule has 0 saturated carbocycles. The SMILES string of the molecule is O=C1C=C(c2ccccc2)C(=O)N1OC1=c2ccccc2=C1. The molecule has 22 heavy (non-hydrogen) atoms. The Bertz CT molecular complexity index is 942. The van der Waals surface area contributed by atoms with Gasteiger partial charge in [-0.25, -0.2) is 0 Å². The van der Waals surface area contributed by atoms with Gasteiger partial charge in [0.1, 0.15) is 0 Å². The average Bonchev–Trinajstić information content (AvgIpc) is 2.81. The van der Waals surface area contributed by atoms with Crippen molar-refractivity contribution in [1.29, 1.82) is 0 Å². The molecular weight excluding hydrogens is 278 g/mol. The van der Waals surface area contributed by atoms with Gasteiger partial charge in [-0.05, 0) is 16.9 Å². The van der Waals surface area contributed by atoms with Crippen LogP contribution >= 0.6 is 0 Å². The first-order chi connectivity index (χ1) is 10.7. The number of amides is 2. The van der Waals surface area contributed by atoms with E-state index in [2.05, 4.69) is 0 Å². The maximum absolute atomic E-state index is 12.4. The highest BCUT2D eigenvalue weighted by molar-refractivity contribution is 6.32. The predicted octanol–water partition coefficient (Wildman–Crippen LogP) is 0.973. The van der Waals surface area contributed by atoms with E-state index in [1.807, 2.05) is 42.5 Å².